The van der Waals surface area contributed by atoms with Gasteiger partial charge in [0, 0.05) is 18.8 Å². The molecule has 0 bridgehead atoms. The van der Waals surface area contributed by atoms with Gasteiger partial charge in [0.05, 0.1) is 0 Å². The molecule has 0 spiro atoms. The second-order valence-electron chi connectivity index (χ2n) is 8.55. The number of rotatable bonds is 4. The fourth-order valence-electron chi connectivity index (χ4n) is 3.44. The van der Waals surface area contributed by atoms with Crippen LogP contribution < -0.4 is 5.32 Å². The summed E-state index contributed by atoms with van der Waals surface area (Å²) in [5.41, 5.74) is 2.38. The topological polar surface area (TPSA) is 67.9 Å². The molecule has 1 saturated heterocycles. The number of ether oxygens (including phenoxy) is 2. The van der Waals surface area contributed by atoms with Crippen molar-refractivity contribution in [2.24, 2.45) is 0 Å². The molecular weight excluding hydrogens is 380 g/mol. The van der Waals surface area contributed by atoms with E-state index in [9.17, 15) is 9.59 Å². The van der Waals surface area contributed by atoms with E-state index in [1.807, 2.05) is 75.4 Å². The lowest BCUT2D eigenvalue weighted by Crippen LogP contribution is -2.41. The van der Waals surface area contributed by atoms with E-state index in [4.69, 9.17) is 9.47 Å². The predicted molar refractivity (Wildman–Crippen MR) is 116 cm³/mol. The molecule has 1 aliphatic rings. The third-order valence-corrected chi connectivity index (χ3v) is 4.99. The molecule has 0 radical (unpaired) electrons. The normalized spacial score (nSPS) is 14.8. The molecule has 6 nitrogen and oxygen atoms in total. The highest BCUT2D eigenvalue weighted by Gasteiger charge is 2.27. The second-order valence-corrected chi connectivity index (χ2v) is 8.55. The van der Waals surface area contributed by atoms with Crippen LogP contribution in [0.5, 0.6) is 0 Å². The number of carbonyl (C=O) groups is 2. The van der Waals surface area contributed by atoms with Crippen LogP contribution in [0.25, 0.3) is 0 Å². The van der Waals surface area contributed by atoms with Crippen molar-refractivity contribution >= 4 is 17.9 Å². The number of benzene rings is 2. The van der Waals surface area contributed by atoms with Crippen molar-refractivity contribution < 1.29 is 19.1 Å². The van der Waals surface area contributed by atoms with Crippen molar-refractivity contribution in [3.8, 4) is 0 Å². The number of hydrogen-bond acceptors (Lipinski definition) is 4. The summed E-state index contributed by atoms with van der Waals surface area (Å²) in [6.45, 7) is 7.25. The zero-order valence-corrected chi connectivity index (χ0v) is 17.9. The largest absolute Gasteiger partial charge is 0.444 e. The Bertz CT molecular complexity index is 836. The highest BCUT2D eigenvalue weighted by atomic mass is 16.6. The molecule has 0 saturated carbocycles. The number of amides is 2. The van der Waals surface area contributed by atoms with E-state index in [1.165, 1.54) is 5.56 Å². The molecule has 0 atom stereocenters. The molecular formula is C24H30N2O4. The Labute approximate surface area is 178 Å². The molecule has 1 aliphatic heterocycles. The third kappa shape index (κ3) is 6.51. The quantitative estimate of drug-likeness (QED) is 0.717. The monoisotopic (exact) mass is 410 g/mol. The number of hydrogen-bond donors (Lipinski definition) is 1. The van der Waals surface area contributed by atoms with Gasteiger partial charge in [-0.25, -0.2) is 9.59 Å². The van der Waals surface area contributed by atoms with E-state index in [1.54, 1.807) is 4.90 Å². The molecule has 3 rings (SSSR count). The summed E-state index contributed by atoms with van der Waals surface area (Å²) in [6.07, 6.45) is 1.07. The third-order valence-electron chi connectivity index (χ3n) is 4.99. The Morgan fingerprint density at radius 3 is 2.23 bits per heavy atom. The highest BCUT2D eigenvalue weighted by molar-refractivity contribution is 5.84. The average Bonchev–Trinajstić information content (AvgIpc) is 2.72. The number of anilines is 1. The minimum atomic E-state index is -0.475. The van der Waals surface area contributed by atoms with E-state index in [-0.39, 0.29) is 12.7 Å². The summed E-state index contributed by atoms with van der Waals surface area (Å²) in [5.74, 6) is 0.391. The van der Waals surface area contributed by atoms with E-state index in [0.29, 0.717) is 24.7 Å². The van der Waals surface area contributed by atoms with Gasteiger partial charge in [-0.2, -0.15) is 0 Å². The first kappa shape index (κ1) is 21.7. The number of piperidine rings is 1. The van der Waals surface area contributed by atoms with Crippen molar-refractivity contribution in [3.05, 3.63) is 65.7 Å². The van der Waals surface area contributed by atoms with Gasteiger partial charge >= 0.3 is 12.2 Å². The molecule has 0 aliphatic carbocycles. The van der Waals surface area contributed by atoms with Gasteiger partial charge in [0.15, 0.2) is 0 Å². The van der Waals surface area contributed by atoms with Gasteiger partial charge in [0.2, 0.25) is 0 Å². The minimum absolute atomic E-state index is 0.237. The number of carbonyl (C=O) groups excluding carboxylic acids is 2. The van der Waals surface area contributed by atoms with Gasteiger partial charge in [0.1, 0.15) is 12.2 Å². The molecule has 30 heavy (non-hydrogen) atoms. The molecule has 2 aromatic rings. The molecule has 6 heteroatoms. The van der Waals surface area contributed by atoms with Crippen LogP contribution in [0.2, 0.25) is 0 Å². The van der Waals surface area contributed by atoms with Crippen molar-refractivity contribution in [1.29, 1.82) is 0 Å². The molecule has 2 aromatic carbocycles. The van der Waals surface area contributed by atoms with Crippen molar-refractivity contribution in [2.45, 2.75) is 51.7 Å². The summed E-state index contributed by atoms with van der Waals surface area (Å²) >= 11 is 0. The Hall–Kier alpha value is -3.02. The van der Waals surface area contributed by atoms with Gasteiger partial charge in [-0.1, -0.05) is 42.5 Å². The second kappa shape index (κ2) is 9.65. The summed E-state index contributed by atoms with van der Waals surface area (Å²) < 4.78 is 10.7. The van der Waals surface area contributed by atoms with Crippen LogP contribution in [0.1, 0.15) is 50.7 Å². The molecule has 1 fully saturated rings. The lowest BCUT2D eigenvalue weighted by atomic mass is 9.89. The van der Waals surface area contributed by atoms with Crippen molar-refractivity contribution in [3.63, 3.8) is 0 Å². The molecule has 2 amide bonds. The highest BCUT2D eigenvalue weighted by Crippen LogP contribution is 2.29. The maximum atomic E-state index is 12.2. The molecule has 0 aromatic heterocycles. The van der Waals surface area contributed by atoms with Gasteiger partial charge in [-0.15, -0.1) is 0 Å². The van der Waals surface area contributed by atoms with Gasteiger partial charge in [-0.05, 0) is 62.8 Å². The Morgan fingerprint density at radius 1 is 1.00 bits per heavy atom. The predicted octanol–water partition coefficient (Wildman–Crippen LogP) is 5.55. The zero-order valence-electron chi connectivity index (χ0n) is 17.9. The van der Waals surface area contributed by atoms with Crippen LogP contribution in [-0.2, 0) is 16.1 Å². The summed E-state index contributed by atoms with van der Waals surface area (Å²) in [6, 6.07) is 17.4. The smallest absolute Gasteiger partial charge is 0.411 e. The van der Waals surface area contributed by atoms with Crippen LogP contribution in [0.4, 0.5) is 15.3 Å². The van der Waals surface area contributed by atoms with Crippen LogP contribution in [0, 0.1) is 0 Å². The molecule has 1 N–H and O–H groups in total. The van der Waals surface area contributed by atoms with Crippen LogP contribution in [0.15, 0.2) is 54.6 Å². The van der Waals surface area contributed by atoms with Gasteiger partial charge in [-0.3, -0.25) is 5.32 Å². The standard InChI is InChI=1S/C24H30N2O4/c1-24(2,3)30-23(28)26-15-13-20(14-16-26)19-9-11-21(12-10-19)25-22(27)29-17-18-7-5-4-6-8-18/h4-12,20H,13-17H2,1-3H3,(H,25,27). The van der Waals surface area contributed by atoms with Crippen LogP contribution in [-0.4, -0.2) is 35.8 Å². The Balaban J connectivity index is 1.45. The number of nitrogens with one attached hydrogen (secondary N) is 1. The first-order chi connectivity index (χ1) is 14.3. The van der Waals surface area contributed by atoms with Crippen LogP contribution >= 0.6 is 0 Å². The lowest BCUT2D eigenvalue weighted by Gasteiger charge is -2.33. The van der Waals surface area contributed by atoms with Crippen LogP contribution in [0.3, 0.4) is 0 Å². The maximum Gasteiger partial charge on any atom is 0.411 e. The number of nitrogens with zero attached hydrogens (tertiary/aromatic N) is 1. The van der Waals surface area contributed by atoms with Gasteiger partial charge < -0.3 is 14.4 Å². The van der Waals surface area contributed by atoms with E-state index < -0.39 is 11.7 Å². The number of likely N-dealkylation sites (tertiary alicyclic amines) is 1. The Morgan fingerprint density at radius 2 is 1.63 bits per heavy atom. The fraction of sp³-hybridized carbons (Fsp3) is 0.417. The van der Waals surface area contributed by atoms with Crippen molar-refractivity contribution in [2.75, 3.05) is 18.4 Å². The summed E-state index contributed by atoms with van der Waals surface area (Å²) in [7, 11) is 0. The first-order valence-electron chi connectivity index (χ1n) is 10.4. The van der Waals surface area contributed by atoms with E-state index in [2.05, 4.69) is 5.32 Å². The zero-order chi connectivity index (χ0) is 21.6. The SMILES string of the molecule is CC(C)(C)OC(=O)N1CCC(c2ccc(NC(=O)OCc3ccccc3)cc2)CC1. The molecule has 1 heterocycles. The minimum Gasteiger partial charge on any atom is -0.444 e. The molecule has 160 valence electrons. The maximum absolute atomic E-state index is 12.2. The summed E-state index contributed by atoms with van der Waals surface area (Å²) in [5, 5.41) is 2.76. The van der Waals surface area contributed by atoms with Crippen molar-refractivity contribution in [1.82, 2.24) is 4.90 Å². The fourth-order valence-corrected chi connectivity index (χ4v) is 3.44. The van der Waals surface area contributed by atoms with E-state index >= 15 is 0 Å². The summed E-state index contributed by atoms with van der Waals surface area (Å²) in [4.78, 5) is 26.0. The first-order valence-corrected chi connectivity index (χ1v) is 10.4. The molecule has 0 unspecified atom stereocenters. The van der Waals surface area contributed by atoms with E-state index in [0.717, 1.165) is 18.4 Å². The van der Waals surface area contributed by atoms with Gasteiger partial charge in [0.25, 0.3) is 0 Å². The average molecular weight is 411 g/mol. The lowest BCUT2D eigenvalue weighted by molar-refractivity contribution is 0.0205. The Kier molecular flexibility index (Phi) is 6.98.